The normalized spacial score (nSPS) is 12.6. The van der Waals surface area contributed by atoms with Crippen molar-refractivity contribution >= 4 is 11.3 Å². The van der Waals surface area contributed by atoms with Crippen LogP contribution in [0.3, 0.4) is 0 Å². The van der Waals surface area contributed by atoms with E-state index in [1.54, 1.807) is 29.8 Å². The highest BCUT2D eigenvalue weighted by molar-refractivity contribution is 7.09. The molecule has 0 radical (unpaired) electrons. The smallest absolute Gasteiger partial charge is 0.146 e. The van der Waals surface area contributed by atoms with Crippen molar-refractivity contribution < 1.29 is 4.39 Å². The first-order valence-corrected chi connectivity index (χ1v) is 6.41. The molecule has 1 atom stereocenters. The molecule has 17 heavy (non-hydrogen) atoms. The number of nitrogens with zero attached hydrogens (tertiary/aromatic N) is 2. The van der Waals surface area contributed by atoms with E-state index >= 15 is 0 Å². The van der Waals surface area contributed by atoms with Crippen LogP contribution in [0.15, 0.2) is 29.9 Å². The average Bonchev–Trinajstić information content (AvgIpc) is 2.82. The van der Waals surface area contributed by atoms with E-state index in [0.29, 0.717) is 12.1 Å². The number of halogens is 1. The van der Waals surface area contributed by atoms with Crippen LogP contribution in [0, 0.1) is 5.82 Å². The molecular weight excluding hydrogens is 237 g/mol. The van der Waals surface area contributed by atoms with Gasteiger partial charge in [0.15, 0.2) is 0 Å². The second kappa shape index (κ2) is 5.84. The molecule has 0 aliphatic carbocycles. The molecule has 0 aromatic carbocycles. The lowest BCUT2D eigenvalue weighted by molar-refractivity contribution is 0.494. The molecule has 0 spiro atoms. The third-order valence-electron chi connectivity index (χ3n) is 2.43. The highest BCUT2D eigenvalue weighted by atomic mass is 32.1. The molecule has 3 nitrogen and oxygen atoms in total. The van der Waals surface area contributed by atoms with Gasteiger partial charge in [0.2, 0.25) is 0 Å². The summed E-state index contributed by atoms with van der Waals surface area (Å²) in [6.07, 6.45) is 4.04. The van der Waals surface area contributed by atoms with Gasteiger partial charge in [0.05, 0.1) is 16.7 Å². The van der Waals surface area contributed by atoms with Crippen LogP contribution in [-0.2, 0) is 6.42 Å². The first-order chi connectivity index (χ1) is 8.31. The van der Waals surface area contributed by atoms with Crippen LogP contribution in [0.1, 0.15) is 23.7 Å². The van der Waals surface area contributed by atoms with E-state index < -0.39 is 0 Å². The lowest BCUT2D eigenvalue weighted by Crippen LogP contribution is -2.24. The van der Waals surface area contributed by atoms with Crippen molar-refractivity contribution in [2.24, 2.45) is 0 Å². The van der Waals surface area contributed by atoms with E-state index in [4.69, 9.17) is 0 Å². The molecule has 0 saturated heterocycles. The Labute approximate surface area is 104 Å². The topological polar surface area (TPSA) is 37.8 Å². The minimum Gasteiger partial charge on any atom is -0.308 e. The first kappa shape index (κ1) is 12.1. The standard InChI is InChI=1S/C12H14FN3S/c1-2-14-10(8-11-15-6-7-17-11)12-9(13)4-3-5-16-12/h3-7,10,14H,2,8H2,1H3. The monoisotopic (exact) mass is 251 g/mol. The van der Waals surface area contributed by atoms with E-state index in [1.165, 1.54) is 6.07 Å². The van der Waals surface area contributed by atoms with Crippen molar-refractivity contribution in [1.82, 2.24) is 15.3 Å². The summed E-state index contributed by atoms with van der Waals surface area (Å²) in [6.45, 7) is 2.77. The van der Waals surface area contributed by atoms with Crippen molar-refractivity contribution in [3.8, 4) is 0 Å². The maximum atomic E-state index is 13.7. The lowest BCUT2D eigenvalue weighted by atomic mass is 10.1. The van der Waals surface area contributed by atoms with Gasteiger partial charge < -0.3 is 5.32 Å². The predicted molar refractivity (Wildman–Crippen MR) is 66.4 cm³/mol. The summed E-state index contributed by atoms with van der Waals surface area (Å²) in [5.41, 5.74) is 0.463. The number of aromatic nitrogens is 2. The van der Waals surface area contributed by atoms with Crippen LogP contribution in [-0.4, -0.2) is 16.5 Å². The maximum Gasteiger partial charge on any atom is 0.146 e. The number of rotatable bonds is 5. The summed E-state index contributed by atoms with van der Waals surface area (Å²) in [5, 5.41) is 6.15. The van der Waals surface area contributed by atoms with Gasteiger partial charge in [-0.05, 0) is 18.7 Å². The zero-order valence-corrected chi connectivity index (χ0v) is 10.4. The van der Waals surface area contributed by atoms with Crippen LogP contribution < -0.4 is 5.32 Å². The Morgan fingerprint density at radius 2 is 2.29 bits per heavy atom. The summed E-state index contributed by atoms with van der Waals surface area (Å²) >= 11 is 1.58. The lowest BCUT2D eigenvalue weighted by Gasteiger charge is -2.16. The van der Waals surface area contributed by atoms with Gasteiger partial charge in [-0.15, -0.1) is 11.3 Å². The maximum absolute atomic E-state index is 13.7. The Morgan fingerprint density at radius 3 is 2.94 bits per heavy atom. The number of nitrogens with one attached hydrogen (secondary N) is 1. The Kier molecular flexibility index (Phi) is 4.17. The summed E-state index contributed by atoms with van der Waals surface area (Å²) in [5.74, 6) is -0.269. The fraction of sp³-hybridized carbons (Fsp3) is 0.333. The van der Waals surface area contributed by atoms with Crippen molar-refractivity contribution in [1.29, 1.82) is 0 Å². The average molecular weight is 251 g/mol. The summed E-state index contributed by atoms with van der Waals surface area (Å²) in [6, 6.07) is 2.92. The van der Waals surface area contributed by atoms with Gasteiger partial charge in [0, 0.05) is 24.2 Å². The summed E-state index contributed by atoms with van der Waals surface area (Å²) in [4.78, 5) is 8.34. The molecule has 2 rings (SSSR count). The van der Waals surface area contributed by atoms with E-state index in [2.05, 4.69) is 15.3 Å². The van der Waals surface area contributed by atoms with Gasteiger partial charge in [-0.25, -0.2) is 9.37 Å². The Bertz CT molecular complexity index is 459. The SMILES string of the molecule is CCNC(Cc1nccs1)c1ncccc1F. The fourth-order valence-corrected chi connectivity index (χ4v) is 2.36. The molecule has 0 aliphatic rings. The number of thiazole rings is 1. The van der Waals surface area contributed by atoms with Crippen LogP contribution >= 0.6 is 11.3 Å². The molecule has 0 aliphatic heterocycles. The molecule has 1 N–H and O–H groups in total. The van der Waals surface area contributed by atoms with Gasteiger partial charge in [0.25, 0.3) is 0 Å². The summed E-state index contributed by atoms with van der Waals surface area (Å²) < 4.78 is 13.7. The molecule has 2 aromatic rings. The highest BCUT2D eigenvalue weighted by Gasteiger charge is 2.17. The Hall–Kier alpha value is -1.33. The molecule has 5 heteroatoms. The second-order valence-electron chi connectivity index (χ2n) is 3.61. The third-order valence-corrected chi connectivity index (χ3v) is 3.23. The molecule has 1 unspecified atom stereocenters. The van der Waals surface area contributed by atoms with Crippen LogP contribution in [0.4, 0.5) is 4.39 Å². The largest absolute Gasteiger partial charge is 0.308 e. The zero-order valence-electron chi connectivity index (χ0n) is 9.56. The highest BCUT2D eigenvalue weighted by Crippen LogP contribution is 2.20. The van der Waals surface area contributed by atoms with Gasteiger partial charge in [-0.2, -0.15) is 0 Å². The molecule has 0 saturated carbocycles. The fourth-order valence-electron chi connectivity index (χ4n) is 1.69. The van der Waals surface area contributed by atoms with Crippen molar-refractivity contribution in [2.75, 3.05) is 6.54 Å². The quantitative estimate of drug-likeness (QED) is 0.887. The molecule has 0 amide bonds. The van der Waals surface area contributed by atoms with Crippen LogP contribution in [0.5, 0.6) is 0 Å². The molecule has 2 heterocycles. The van der Waals surface area contributed by atoms with Gasteiger partial charge in [0.1, 0.15) is 5.82 Å². The van der Waals surface area contributed by atoms with E-state index in [-0.39, 0.29) is 11.9 Å². The van der Waals surface area contributed by atoms with Crippen LogP contribution in [0.25, 0.3) is 0 Å². The number of hydrogen-bond donors (Lipinski definition) is 1. The number of likely N-dealkylation sites (N-methyl/N-ethyl adjacent to an activating group) is 1. The van der Waals surface area contributed by atoms with Crippen molar-refractivity contribution in [3.05, 3.63) is 46.4 Å². The predicted octanol–water partition coefficient (Wildman–Crippen LogP) is 2.57. The van der Waals surface area contributed by atoms with Gasteiger partial charge in [-0.3, -0.25) is 4.98 Å². The molecule has 0 bridgehead atoms. The minimum atomic E-state index is -0.269. The van der Waals surface area contributed by atoms with Gasteiger partial charge >= 0.3 is 0 Å². The van der Waals surface area contributed by atoms with Gasteiger partial charge in [-0.1, -0.05) is 6.92 Å². The Morgan fingerprint density at radius 1 is 1.41 bits per heavy atom. The van der Waals surface area contributed by atoms with Crippen molar-refractivity contribution in [2.45, 2.75) is 19.4 Å². The van der Waals surface area contributed by atoms with E-state index in [0.717, 1.165) is 11.6 Å². The third kappa shape index (κ3) is 3.08. The zero-order chi connectivity index (χ0) is 12.1. The Balaban J connectivity index is 2.20. The number of hydrogen-bond acceptors (Lipinski definition) is 4. The minimum absolute atomic E-state index is 0.118. The van der Waals surface area contributed by atoms with E-state index in [1.807, 2.05) is 12.3 Å². The molecule has 2 aromatic heterocycles. The van der Waals surface area contributed by atoms with E-state index in [9.17, 15) is 4.39 Å². The molecular formula is C12H14FN3S. The summed E-state index contributed by atoms with van der Waals surface area (Å²) in [7, 11) is 0. The first-order valence-electron chi connectivity index (χ1n) is 5.53. The van der Waals surface area contributed by atoms with Crippen molar-refractivity contribution in [3.63, 3.8) is 0 Å². The second-order valence-corrected chi connectivity index (χ2v) is 4.59. The molecule has 0 fully saturated rings. The number of pyridine rings is 1. The molecule has 90 valence electrons. The van der Waals surface area contributed by atoms with Crippen LogP contribution in [0.2, 0.25) is 0 Å².